The number of halogens is 3. The van der Waals surface area contributed by atoms with Gasteiger partial charge >= 0.3 is 6.55 Å². The van der Waals surface area contributed by atoms with Crippen molar-refractivity contribution in [3.63, 3.8) is 0 Å². The normalized spacial score (nSPS) is 23.1. The summed E-state index contributed by atoms with van der Waals surface area (Å²) in [4.78, 5) is 6.06. The maximum absolute atomic E-state index is 12.7. The summed E-state index contributed by atoms with van der Waals surface area (Å²) in [5, 5.41) is 3.34. The predicted molar refractivity (Wildman–Crippen MR) is 72.7 cm³/mol. The number of aromatic nitrogens is 2. The van der Waals surface area contributed by atoms with Crippen LogP contribution in [0.1, 0.15) is 25.7 Å². The Morgan fingerprint density at radius 2 is 2.32 bits per heavy atom. The molecule has 0 saturated carbocycles. The summed E-state index contributed by atoms with van der Waals surface area (Å²) >= 11 is 0. The van der Waals surface area contributed by atoms with Crippen LogP contribution in [-0.4, -0.2) is 41.1 Å². The maximum Gasteiger partial charge on any atom is 0.319 e. The Labute approximate surface area is 118 Å². The second kappa shape index (κ2) is 6.63. The number of nitrogens with one attached hydrogen (secondary N) is 1. The van der Waals surface area contributed by atoms with E-state index in [1.807, 2.05) is 7.05 Å². The molecule has 2 heterocycles. The topological polar surface area (TPSA) is 33.1 Å². The van der Waals surface area contributed by atoms with Crippen molar-refractivity contribution < 1.29 is 8.78 Å². The molecule has 7 heteroatoms. The van der Waals surface area contributed by atoms with Crippen LogP contribution in [0.15, 0.2) is 12.4 Å². The van der Waals surface area contributed by atoms with Crippen LogP contribution >= 0.6 is 12.4 Å². The van der Waals surface area contributed by atoms with E-state index in [2.05, 4.69) is 22.1 Å². The molecular formula is C12H21ClF2N4. The summed E-state index contributed by atoms with van der Waals surface area (Å²) in [7, 11) is 1.95. The van der Waals surface area contributed by atoms with E-state index < -0.39 is 6.55 Å². The van der Waals surface area contributed by atoms with Crippen molar-refractivity contribution in [2.75, 3.05) is 26.7 Å². The summed E-state index contributed by atoms with van der Waals surface area (Å²) in [6, 6.07) is 0. The molecule has 19 heavy (non-hydrogen) atoms. The van der Waals surface area contributed by atoms with Crippen molar-refractivity contribution in [3.8, 4) is 0 Å². The van der Waals surface area contributed by atoms with Crippen molar-refractivity contribution in [1.29, 1.82) is 0 Å². The van der Waals surface area contributed by atoms with Crippen LogP contribution in [0.5, 0.6) is 0 Å². The minimum absolute atomic E-state index is 0. The highest BCUT2D eigenvalue weighted by Crippen LogP contribution is 2.25. The van der Waals surface area contributed by atoms with Gasteiger partial charge in [-0.15, -0.1) is 12.4 Å². The van der Waals surface area contributed by atoms with Gasteiger partial charge in [-0.2, -0.15) is 8.78 Å². The van der Waals surface area contributed by atoms with E-state index in [9.17, 15) is 8.78 Å². The minimum Gasteiger partial charge on any atom is -0.316 e. The molecular weight excluding hydrogens is 274 g/mol. The second-order valence-electron chi connectivity index (χ2n) is 5.44. The molecule has 0 radical (unpaired) electrons. The monoisotopic (exact) mass is 294 g/mol. The molecule has 0 aromatic carbocycles. The van der Waals surface area contributed by atoms with E-state index >= 15 is 0 Å². The molecule has 1 saturated heterocycles. The molecule has 1 aromatic heterocycles. The van der Waals surface area contributed by atoms with E-state index in [4.69, 9.17) is 0 Å². The van der Waals surface area contributed by atoms with E-state index in [0.717, 1.165) is 30.6 Å². The SMILES string of the molecule is CN(Cc1nccn1C(F)F)CC1(C)CCNC1.Cl. The third-order valence-electron chi connectivity index (χ3n) is 3.48. The number of alkyl halides is 2. The van der Waals surface area contributed by atoms with E-state index in [0.29, 0.717) is 12.4 Å². The van der Waals surface area contributed by atoms with E-state index in [1.165, 1.54) is 12.4 Å². The van der Waals surface area contributed by atoms with E-state index in [1.54, 1.807) is 0 Å². The fourth-order valence-corrected chi connectivity index (χ4v) is 2.60. The first-order valence-electron chi connectivity index (χ1n) is 6.19. The van der Waals surface area contributed by atoms with Gasteiger partial charge in [0.1, 0.15) is 5.82 Å². The van der Waals surface area contributed by atoms with Crippen LogP contribution in [0.2, 0.25) is 0 Å². The lowest BCUT2D eigenvalue weighted by Crippen LogP contribution is -2.35. The van der Waals surface area contributed by atoms with Gasteiger partial charge in [0.2, 0.25) is 0 Å². The summed E-state index contributed by atoms with van der Waals surface area (Å²) in [5.74, 6) is 0.419. The molecule has 1 aromatic rings. The van der Waals surface area contributed by atoms with Gasteiger partial charge < -0.3 is 5.32 Å². The third-order valence-corrected chi connectivity index (χ3v) is 3.48. The smallest absolute Gasteiger partial charge is 0.316 e. The number of hydrogen-bond donors (Lipinski definition) is 1. The lowest BCUT2D eigenvalue weighted by molar-refractivity contribution is 0.0636. The van der Waals surface area contributed by atoms with Crippen molar-refractivity contribution in [1.82, 2.24) is 19.8 Å². The van der Waals surface area contributed by atoms with Crippen molar-refractivity contribution in [2.45, 2.75) is 26.4 Å². The summed E-state index contributed by atoms with van der Waals surface area (Å²) in [6.07, 6.45) is 3.88. The van der Waals surface area contributed by atoms with Crippen molar-refractivity contribution in [3.05, 3.63) is 18.2 Å². The van der Waals surface area contributed by atoms with Gasteiger partial charge in [-0.05, 0) is 25.4 Å². The molecule has 110 valence electrons. The Hall–Kier alpha value is -0.720. The number of hydrogen-bond acceptors (Lipinski definition) is 3. The quantitative estimate of drug-likeness (QED) is 0.903. The number of rotatable bonds is 5. The zero-order chi connectivity index (χ0) is 13.2. The Bertz CT molecular complexity index is 391. The first-order chi connectivity index (χ1) is 8.50. The van der Waals surface area contributed by atoms with Crippen molar-refractivity contribution in [2.24, 2.45) is 5.41 Å². The summed E-state index contributed by atoms with van der Waals surface area (Å²) in [5.41, 5.74) is 0.233. The van der Waals surface area contributed by atoms with Gasteiger partial charge in [-0.25, -0.2) is 4.98 Å². The van der Waals surface area contributed by atoms with Gasteiger partial charge in [0, 0.05) is 25.5 Å². The number of nitrogens with zero attached hydrogens (tertiary/aromatic N) is 3. The molecule has 1 aliphatic heterocycles. The largest absolute Gasteiger partial charge is 0.319 e. The molecule has 0 bridgehead atoms. The van der Waals surface area contributed by atoms with Crippen LogP contribution in [-0.2, 0) is 6.54 Å². The van der Waals surface area contributed by atoms with Gasteiger partial charge in [0.05, 0.1) is 6.54 Å². The average molecular weight is 295 g/mol. The first kappa shape index (κ1) is 16.3. The standard InChI is InChI=1S/C12H20F2N4.ClH/c1-12(3-4-15-8-12)9-17(2)7-10-16-5-6-18(10)11(13)14;/h5-6,11,15H,3-4,7-9H2,1-2H3;1H. The van der Waals surface area contributed by atoms with Gasteiger partial charge in [0.15, 0.2) is 0 Å². The summed E-state index contributed by atoms with van der Waals surface area (Å²) in [6.45, 7) is 3.07. The Balaban J connectivity index is 0.00000180. The fourth-order valence-electron chi connectivity index (χ4n) is 2.60. The lowest BCUT2D eigenvalue weighted by atomic mass is 9.89. The zero-order valence-corrected chi connectivity index (χ0v) is 12.1. The van der Waals surface area contributed by atoms with Crippen LogP contribution < -0.4 is 5.32 Å². The maximum atomic E-state index is 12.7. The highest BCUT2D eigenvalue weighted by Gasteiger charge is 2.30. The molecule has 1 atom stereocenters. The Kier molecular flexibility index (Phi) is 5.70. The highest BCUT2D eigenvalue weighted by atomic mass is 35.5. The van der Waals surface area contributed by atoms with E-state index in [-0.39, 0.29) is 17.8 Å². The van der Waals surface area contributed by atoms with Gasteiger partial charge in [-0.1, -0.05) is 6.92 Å². The molecule has 1 unspecified atom stereocenters. The molecule has 4 nitrogen and oxygen atoms in total. The summed E-state index contributed by atoms with van der Waals surface area (Å²) < 4.78 is 26.3. The molecule has 1 N–H and O–H groups in total. The molecule has 2 rings (SSSR count). The Morgan fingerprint density at radius 1 is 1.58 bits per heavy atom. The first-order valence-corrected chi connectivity index (χ1v) is 6.19. The Morgan fingerprint density at radius 3 is 2.89 bits per heavy atom. The van der Waals surface area contributed by atoms with Crippen molar-refractivity contribution >= 4 is 12.4 Å². The lowest BCUT2D eigenvalue weighted by Gasteiger charge is -2.29. The van der Waals surface area contributed by atoms with Crippen LogP contribution in [0.3, 0.4) is 0 Å². The molecule has 1 fully saturated rings. The van der Waals surface area contributed by atoms with Gasteiger partial charge in [-0.3, -0.25) is 9.47 Å². The van der Waals surface area contributed by atoms with Crippen LogP contribution in [0.25, 0.3) is 0 Å². The molecule has 1 aliphatic rings. The molecule has 0 aliphatic carbocycles. The van der Waals surface area contributed by atoms with Gasteiger partial charge in [0.25, 0.3) is 0 Å². The second-order valence-corrected chi connectivity index (χ2v) is 5.44. The van der Waals surface area contributed by atoms with Crippen LogP contribution in [0, 0.1) is 5.41 Å². The molecule has 0 spiro atoms. The predicted octanol–water partition coefficient (Wildman–Crippen LogP) is 2.13. The van der Waals surface area contributed by atoms with Crippen LogP contribution in [0.4, 0.5) is 8.78 Å². The fraction of sp³-hybridized carbons (Fsp3) is 0.750. The highest BCUT2D eigenvalue weighted by molar-refractivity contribution is 5.85. The zero-order valence-electron chi connectivity index (χ0n) is 11.3. The molecule has 0 amide bonds. The minimum atomic E-state index is -2.51. The average Bonchev–Trinajstić information content (AvgIpc) is 2.87. The third kappa shape index (κ3) is 4.12. The number of imidazole rings is 1.